The van der Waals surface area contributed by atoms with Crippen molar-refractivity contribution in [3.63, 3.8) is 0 Å². The van der Waals surface area contributed by atoms with Gasteiger partial charge in [-0.3, -0.25) is 0 Å². The Balaban J connectivity index is 1.75. The molecule has 1 unspecified atom stereocenters. The minimum atomic E-state index is -0.249. The minimum absolute atomic E-state index is 0.249. The van der Waals surface area contributed by atoms with Crippen LogP contribution in [0, 0.1) is 0 Å². The molecule has 172 valence electrons. The van der Waals surface area contributed by atoms with Crippen LogP contribution in [-0.4, -0.2) is 47.5 Å². The number of halogens is 1. The molecule has 7 nitrogen and oxygen atoms in total. The standard InChI is InChI=1S/C24H25ClN4O3S/c1-15-20(23-27-22(28-32-23)17-5-9-18(25)10-6-17)21(16-7-11-19(31-3)12-8-16)26-24(33)29(15)13-4-14-30-2/h5-12,21H,4,13-14H2,1-3H3,(H,26,33). The lowest BCUT2D eigenvalue weighted by molar-refractivity contribution is 0.188. The Hall–Kier alpha value is -2.94. The highest BCUT2D eigenvalue weighted by Crippen LogP contribution is 2.38. The summed E-state index contributed by atoms with van der Waals surface area (Å²) in [4.78, 5) is 6.76. The maximum absolute atomic E-state index is 6.02. The van der Waals surface area contributed by atoms with Gasteiger partial charge in [0.2, 0.25) is 5.82 Å². The van der Waals surface area contributed by atoms with E-state index in [1.54, 1.807) is 26.4 Å². The van der Waals surface area contributed by atoms with E-state index in [1.807, 2.05) is 43.3 Å². The predicted octanol–water partition coefficient (Wildman–Crippen LogP) is 5.10. The van der Waals surface area contributed by atoms with Crippen LogP contribution in [0.2, 0.25) is 5.02 Å². The van der Waals surface area contributed by atoms with Gasteiger partial charge in [0.15, 0.2) is 5.11 Å². The van der Waals surface area contributed by atoms with Crippen LogP contribution in [-0.2, 0) is 4.74 Å². The number of hydrogen-bond donors (Lipinski definition) is 1. The molecule has 1 N–H and O–H groups in total. The Morgan fingerprint density at radius 1 is 1.12 bits per heavy atom. The summed E-state index contributed by atoms with van der Waals surface area (Å²) in [6, 6.07) is 14.9. The van der Waals surface area contributed by atoms with Crippen molar-refractivity contribution in [1.29, 1.82) is 0 Å². The molecule has 0 radical (unpaired) electrons. The molecule has 1 aliphatic rings. The Bertz CT molecular complexity index is 1150. The predicted molar refractivity (Wildman–Crippen MR) is 132 cm³/mol. The zero-order valence-electron chi connectivity index (χ0n) is 18.7. The van der Waals surface area contributed by atoms with Gasteiger partial charge in [0.05, 0.1) is 18.7 Å². The number of nitrogens with zero attached hydrogens (tertiary/aromatic N) is 3. The summed E-state index contributed by atoms with van der Waals surface area (Å²) < 4.78 is 16.3. The number of nitrogens with one attached hydrogen (secondary N) is 1. The van der Waals surface area contributed by atoms with Gasteiger partial charge in [0, 0.05) is 36.5 Å². The van der Waals surface area contributed by atoms with Crippen molar-refractivity contribution >= 4 is 34.5 Å². The van der Waals surface area contributed by atoms with Crippen LogP contribution in [0.1, 0.15) is 30.8 Å². The normalized spacial score (nSPS) is 16.2. The minimum Gasteiger partial charge on any atom is -0.497 e. The fourth-order valence-electron chi connectivity index (χ4n) is 3.79. The molecule has 2 aromatic carbocycles. The van der Waals surface area contributed by atoms with E-state index in [4.69, 9.17) is 42.8 Å². The van der Waals surface area contributed by atoms with E-state index in [0.717, 1.165) is 34.6 Å². The molecule has 4 rings (SSSR count). The van der Waals surface area contributed by atoms with Crippen molar-refractivity contribution < 1.29 is 14.0 Å². The van der Waals surface area contributed by atoms with Gasteiger partial charge in [-0.15, -0.1) is 0 Å². The number of methoxy groups -OCH3 is 2. The van der Waals surface area contributed by atoms with Crippen molar-refractivity contribution in [2.45, 2.75) is 19.4 Å². The van der Waals surface area contributed by atoms with Crippen LogP contribution in [0.15, 0.2) is 58.8 Å². The summed E-state index contributed by atoms with van der Waals surface area (Å²) in [5, 5.41) is 8.97. The molecular weight excluding hydrogens is 460 g/mol. The van der Waals surface area contributed by atoms with E-state index >= 15 is 0 Å². The summed E-state index contributed by atoms with van der Waals surface area (Å²) in [7, 11) is 3.34. The lowest BCUT2D eigenvalue weighted by Gasteiger charge is -2.37. The molecule has 3 aromatic rings. The van der Waals surface area contributed by atoms with Crippen LogP contribution in [0.3, 0.4) is 0 Å². The second-order valence-corrected chi connectivity index (χ2v) is 8.41. The third-order valence-electron chi connectivity index (χ3n) is 5.53. The van der Waals surface area contributed by atoms with Crippen LogP contribution < -0.4 is 10.1 Å². The molecule has 0 aliphatic carbocycles. The fourth-order valence-corrected chi connectivity index (χ4v) is 4.26. The summed E-state index contributed by atoms with van der Waals surface area (Å²) in [5.74, 6) is 1.71. The van der Waals surface area contributed by atoms with Crippen molar-refractivity contribution in [1.82, 2.24) is 20.4 Å². The largest absolute Gasteiger partial charge is 0.497 e. The second kappa shape index (κ2) is 10.3. The highest BCUT2D eigenvalue weighted by Gasteiger charge is 2.34. The Kier molecular flexibility index (Phi) is 7.27. The van der Waals surface area contributed by atoms with Gasteiger partial charge in [-0.1, -0.05) is 28.9 Å². The highest BCUT2D eigenvalue weighted by atomic mass is 35.5. The monoisotopic (exact) mass is 484 g/mol. The van der Waals surface area contributed by atoms with Gasteiger partial charge in [-0.05, 0) is 67.5 Å². The van der Waals surface area contributed by atoms with Crippen LogP contribution in [0.25, 0.3) is 17.0 Å². The second-order valence-electron chi connectivity index (χ2n) is 7.58. The maximum Gasteiger partial charge on any atom is 0.258 e. The van der Waals surface area contributed by atoms with Gasteiger partial charge in [0.1, 0.15) is 5.75 Å². The molecular formula is C24H25ClN4O3S. The van der Waals surface area contributed by atoms with Gasteiger partial charge >= 0.3 is 0 Å². The number of allylic oxidation sites excluding steroid dienone is 1. The zero-order valence-corrected chi connectivity index (χ0v) is 20.2. The van der Waals surface area contributed by atoms with Gasteiger partial charge < -0.3 is 24.2 Å². The van der Waals surface area contributed by atoms with E-state index in [-0.39, 0.29) is 6.04 Å². The molecule has 0 spiro atoms. The summed E-state index contributed by atoms with van der Waals surface area (Å²) in [6.45, 7) is 3.38. The molecule has 2 heterocycles. The summed E-state index contributed by atoms with van der Waals surface area (Å²) >= 11 is 11.7. The SMILES string of the molecule is COCCCN1C(=S)NC(c2ccc(OC)cc2)C(c2nc(-c3ccc(Cl)cc3)no2)=C1C. The quantitative estimate of drug-likeness (QED) is 0.350. The topological polar surface area (TPSA) is 72.7 Å². The molecule has 33 heavy (non-hydrogen) atoms. The van der Waals surface area contributed by atoms with E-state index in [1.165, 1.54) is 0 Å². The third-order valence-corrected chi connectivity index (χ3v) is 6.12. The van der Waals surface area contributed by atoms with Gasteiger partial charge in [-0.2, -0.15) is 4.98 Å². The van der Waals surface area contributed by atoms with E-state index in [2.05, 4.69) is 15.4 Å². The van der Waals surface area contributed by atoms with Crippen molar-refractivity contribution in [3.8, 4) is 17.1 Å². The summed E-state index contributed by atoms with van der Waals surface area (Å²) in [6.07, 6.45) is 0.829. The first-order valence-electron chi connectivity index (χ1n) is 10.5. The Labute approximate surface area is 203 Å². The molecule has 9 heteroatoms. The molecule has 0 amide bonds. The number of thiocarbonyl (C=S) groups is 1. The molecule has 1 atom stereocenters. The number of ether oxygens (including phenoxy) is 2. The Morgan fingerprint density at radius 3 is 2.52 bits per heavy atom. The number of benzene rings is 2. The van der Waals surface area contributed by atoms with Crippen molar-refractivity contribution in [3.05, 3.63) is 70.7 Å². The van der Waals surface area contributed by atoms with Crippen LogP contribution in [0.5, 0.6) is 5.75 Å². The molecule has 1 aliphatic heterocycles. The van der Waals surface area contributed by atoms with Crippen LogP contribution >= 0.6 is 23.8 Å². The number of aromatic nitrogens is 2. The molecule has 0 fully saturated rings. The fraction of sp³-hybridized carbons (Fsp3) is 0.292. The van der Waals surface area contributed by atoms with Gasteiger partial charge in [0.25, 0.3) is 5.89 Å². The zero-order chi connectivity index (χ0) is 23.4. The smallest absolute Gasteiger partial charge is 0.258 e. The first kappa shape index (κ1) is 23.2. The van der Waals surface area contributed by atoms with E-state index in [9.17, 15) is 0 Å². The lowest BCUT2D eigenvalue weighted by atomic mass is 9.94. The van der Waals surface area contributed by atoms with Crippen molar-refractivity contribution in [2.75, 3.05) is 27.4 Å². The molecule has 0 saturated heterocycles. The molecule has 0 saturated carbocycles. The van der Waals surface area contributed by atoms with Gasteiger partial charge in [-0.25, -0.2) is 0 Å². The maximum atomic E-state index is 6.02. The van der Waals surface area contributed by atoms with Crippen molar-refractivity contribution in [2.24, 2.45) is 0 Å². The molecule has 1 aromatic heterocycles. The van der Waals surface area contributed by atoms with E-state index < -0.39 is 0 Å². The molecule has 0 bridgehead atoms. The lowest BCUT2D eigenvalue weighted by Crippen LogP contribution is -2.46. The number of hydrogen-bond acceptors (Lipinski definition) is 6. The average molecular weight is 485 g/mol. The number of rotatable bonds is 8. The first-order valence-corrected chi connectivity index (χ1v) is 11.3. The van der Waals surface area contributed by atoms with E-state index in [0.29, 0.717) is 35.0 Å². The average Bonchev–Trinajstić information content (AvgIpc) is 3.31. The first-order chi connectivity index (χ1) is 16.0. The Morgan fingerprint density at radius 2 is 1.85 bits per heavy atom. The van der Waals surface area contributed by atoms with Crippen LogP contribution in [0.4, 0.5) is 0 Å². The highest BCUT2D eigenvalue weighted by molar-refractivity contribution is 7.80. The third kappa shape index (κ3) is 5.03. The summed E-state index contributed by atoms with van der Waals surface area (Å²) in [5.41, 5.74) is 3.67.